The van der Waals surface area contributed by atoms with Gasteiger partial charge in [0.05, 0.1) is 12.5 Å². The predicted molar refractivity (Wildman–Crippen MR) is 51.1 cm³/mol. The smallest absolute Gasteiger partial charge is 0.105 e. The molecule has 70 valence electrons. The monoisotopic (exact) mass is 176 g/mol. The summed E-state index contributed by atoms with van der Waals surface area (Å²) in [5, 5.41) is 0. The van der Waals surface area contributed by atoms with E-state index in [1.165, 1.54) is 38.5 Å². The molecule has 1 nitrogen and oxygen atoms in total. The zero-order valence-corrected chi connectivity index (χ0v) is 8.01. The highest BCUT2D eigenvalue weighted by Crippen LogP contribution is 2.45. The summed E-state index contributed by atoms with van der Waals surface area (Å²) < 4.78 is 5.60. The maximum absolute atomic E-state index is 5.60. The van der Waals surface area contributed by atoms with Crippen LogP contribution in [0.4, 0.5) is 0 Å². The molecule has 2 unspecified atom stereocenters. The fourth-order valence-electron chi connectivity index (χ4n) is 2.30. The second-order valence-corrected chi connectivity index (χ2v) is 4.71. The van der Waals surface area contributed by atoms with Gasteiger partial charge in [0.2, 0.25) is 0 Å². The van der Waals surface area contributed by atoms with E-state index in [1.54, 1.807) is 0 Å². The van der Waals surface area contributed by atoms with Crippen molar-refractivity contribution in [3.8, 4) is 11.8 Å². The number of hydrogen-bond acceptors (Lipinski definition) is 1. The minimum atomic E-state index is 0.236. The van der Waals surface area contributed by atoms with Crippen LogP contribution in [0.5, 0.6) is 0 Å². The minimum absolute atomic E-state index is 0.236. The summed E-state index contributed by atoms with van der Waals surface area (Å²) in [5.41, 5.74) is 0.236. The molecular weight excluding hydrogens is 160 g/mol. The topological polar surface area (TPSA) is 12.5 Å². The molecule has 2 saturated carbocycles. The van der Waals surface area contributed by atoms with Gasteiger partial charge in [-0.3, -0.25) is 0 Å². The molecule has 2 atom stereocenters. The normalized spacial score (nSPS) is 42.6. The third kappa shape index (κ3) is 1.48. The van der Waals surface area contributed by atoms with Crippen LogP contribution >= 0.6 is 0 Å². The summed E-state index contributed by atoms with van der Waals surface area (Å²) in [5.74, 6) is 8.17. The fourth-order valence-corrected chi connectivity index (χ4v) is 2.30. The van der Waals surface area contributed by atoms with E-state index in [9.17, 15) is 0 Å². The highest BCUT2D eigenvalue weighted by Gasteiger charge is 2.51. The molecule has 1 aliphatic heterocycles. The van der Waals surface area contributed by atoms with Crippen LogP contribution in [0.2, 0.25) is 0 Å². The van der Waals surface area contributed by atoms with E-state index in [1.807, 2.05) is 0 Å². The SMILES string of the molecule is C(#CC1CCCCC12CO2)C1CC1. The Morgan fingerprint density at radius 1 is 1.08 bits per heavy atom. The maximum atomic E-state index is 5.60. The van der Waals surface area contributed by atoms with Crippen molar-refractivity contribution in [2.75, 3.05) is 6.61 Å². The molecule has 0 aromatic carbocycles. The van der Waals surface area contributed by atoms with Crippen LogP contribution in [-0.4, -0.2) is 12.2 Å². The number of rotatable bonds is 0. The summed E-state index contributed by atoms with van der Waals surface area (Å²) in [4.78, 5) is 0. The van der Waals surface area contributed by atoms with Crippen LogP contribution in [-0.2, 0) is 4.74 Å². The molecule has 1 saturated heterocycles. The van der Waals surface area contributed by atoms with Gasteiger partial charge in [0.25, 0.3) is 0 Å². The number of ether oxygens (including phenoxy) is 1. The molecule has 0 amide bonds. The highest BCUT2D eigenvalue weighted by atomic mass is 16.6. The van der Waals surface area contributed by atoms with Gasteiger partial charge in [0, 0.05) is 5.92 Å². The summed E-state index contributed by atoms with van der Waals surface area (Å²) in [6.07, 6.45) is 7.93. The molecule has 0 aromatic heterocycles. The van der Waals surface area contributed by atoms with Crippen molar-refractivity contribution >= 4 is 0 Å². The lowest BCUT2D eigenvalue weighted by Crippen LogP contribution is -2.27. The first kappa shape index (κ1) is 7.88. The number of epoxide rings is 1. The van der Waals surface area contributed by atoms with E-state index in [-0.39, 0.29) is 5.60 Å². The second kappa shape index (κ2) is 2.75. The molecule has 0 radical (unpaired) electrons. The minimum Gasteiger partial charge on any atom is -0.368 e. The van der Waals surface area contributed by atoms with Gasteiger partial charge in [0.1, 0.15) is 5.60 Å². The zero-order chi connectivity index (χ0) is 8.73. The van der Waals surface area contributed by atoms with Gasteiger partial charge < -0.3 is 4.74 Å². The molecule has 1 heteroatoms. The van der Waals surface area contributed by atoms with Gasteiger partial charge in [0.15, 0.2) is 0 Å². The Kier molecular flexibility index (Phi) is 1.67. The molecule has 3 rings (SSSR count). The summed E-state index contributed by atoms with van der Waals surface area (Å²) >= 11 is 0. The molecule has 0 N–H and O–H groups in total. The van der Waals surface area contributed by atoms with E-state index in [0.29, 0.717) is 5.92 Å². The van der Waals surface area contributed by atoms with Crippen molar-refractivity contribution in [2.24, 2.45) is 11.8 Å². The standard InChI is InChI=1S/C12H16O/c1-2-8-12(9-13-12)11(3-1)7-6-10-4-5-10/h10-11H,1-5,8-9H2. The molecule has 3 fully saturated rings. The zero-order valence-electron chi connectivity index (χ0n) is 8.01. The maximum Gasteiger partial charge on any atom is 0.105 e. The largest absolute Gasteiger partial charge is 0.368 e. The number of hydrogen-bond donors (Lipinski definition) is 0. The van der Waals surface area contributed by atoms with E-state index < -0.39 is 0 Å². The van der Waals surface area contributed by atoms with Gasteiger partial charge in [-0.15, -0.1) is 0 Å². The average molecular weight is 176 g/mol. The molecule has 1 spiro atoms. The first-order valence-corrected chi connectivity index (χ1v) is 5.54. The van der Waals surface area contributed by atoms with E-state index in [0.717, 1.165) is 12.5 Å². The van der Waals surface area contributed by atoms with Crippen LogP contribution in [0.3, 0.4) is 0 Å². The van der Waals surface area contributed by atoms with Gasteiger partial charge in [-0.2, -0.15) is 0 Å². The van der Waals surface area contributed by atoms with Gasteiger partial charge >= 0.3 is 0 Å². The third-order valence-electron chi connectivity index (χ3n) is 3.53. The predicted octanol–water partition coefficient (Wildman–Crippen LogP) is 2.36. The van der Waals surface area contributed by atoms with Crippen molar-refractivity contribution in [1.29, 1.82) is 0 Å². The Bertz CT molecular complexity index is 263. The van der Waals surface area contributed by atoms with Crippen molar-refractivity contribution < 1.29 is 4.74 Å². The van der Waals surface area contributed by atoms with Crippen LogP contribution < -0.4 is 0 Å². The summed E-state index contributed by atoms with van der Waals surface area (Å²) in [6, 6.07) is 0. The van der Waals surface area contributed by atoms with E-state index in [2.05, 4.69) is 11.8 Å². The Hall–Kier alpha value is -0.480. The molecule has 3 aliphatic rings. The first-order chi connectivity index (χ1) is 6.39. The van der Waals surface area contributed by atoms with Crippen molar-refractivity contribution in [2.45, 2.75) is 44.1 Å². The lowest BCUT2D eigenvalue weighted by Gasteiger charge is -2.24. The third-order valence-corrected chi connectivity index (χ3v) is 3.53. The van der Waals surface area contributed by atoms with Crippen LogP contribution in [0.25, 0.3) is 0 Å². The fraction of sp³-hybridized carbons (Fsp3) is 0.833. The Morgan fingerprint density at radius 2 is 1.92 bits per heavy atom. The lowest BCUT2D eigenvalue weighted by atomic mass is 9.80. The van der Waals surface area contributed by atoms with Crippen LogP contribution in [0, 0.1) is 23.7 Å². The Labute approximate surface area is 79.8 Å². The van der Waals surface area contributed by atoms with E-state index in [4.69, 9.17) is 4.74 Å². The Morgan fingerprint density at radius 3 is 2.62 bits per heavy atom. The van der Waals surface area contributed by atoms with Crippen LogP contribution in [0.15, 0.2) is 0 Å². The van der Waals surface area contributed by atoms with Gasteiger partial charge in [-0.25, -0.2) is 0 Å². The quantitative estimate of drug-likeness (QED) is 0.408. The van der Waals surface area contributed by atoms with Gasteiger partial charge in [-0.05, 0) is 25.7 Å². The Balaban J connectivity index is 1.70. The molecule has 2 aliphatic carbocycles. The average Bonchev–Trinajstić information content (AvgIpc) is 3.00. The van der Waals surface area contributed by atoms with E-state index >= 15 is 0 Å². The first-order valence-electron chi connectivity index (χ1n) is 5.54. The molecular formula is C12H16O. The summed E-state index contributed by atoms with van der Waals surface area (Å²) in [7, 11) is 0. The lowest BCUT2D eigenvalue weighted by molar-refractivity contribution is 0.195. The highest BCUT2D eigenvalue weighted by molar-refractivity contribution is 5.19. The second-order valence-electron chi connectivity index (χ2n) is 4.71. The molecule has 0 aromatic rings. The molecule has 1 heterocycles. The summed E-state index contributed by atoms with van der Waals surface area (Å²) in [6.45, 7) is 0.983. The van der Waals surface area contributed by atoms with Gasteiger partial charge in [-0.1, -0.05) is 24.7 Å². The molecule has 13 heavy (non-hydrogen) atoms. The van der Waals surface area contributed by atoms with Crippen molar-refractivity contribution in [3.63, 3.8) is 0 Å². The molecule has 0 bridgehead atoms. The van der Waals surface area contributed by atoms with Crippen LogP contribution in [0.1, 0.15) is 38.5 Å². The van der Waals surface area contributed by atoms with Crippen molar-refractivity contribution in [1.82, 2.24) is 0 Å². The van der Waals surface area contributed by atoms with Crippen molar-refractivity contribution in [3.05, 3.63) is 0 Å².